The van der Waals surface area contributed by atoms with E-state index in [-0.39, 0.29) is 5.60 Å². The van der Waals surface area contributed by atoms with Crippen molar-refractivity contribution >= 4 is 0 Å². The van der Waals surface area contributed by atoms with Crippen LogP contribution >= 0.6 is 0 Å². The molecule has 1 saturated carbocycles. The Labute approximate surface area is 82.5 Å². The average Bonchev–Trinajstić information content (AvgIpc) is 2.12. The summed E-state index contributed by atoms with van der Waals surface area (Å²) in [6.07, 6.45) is 7.02. The van der Waals surface area contributed by atoms with Gasteiger partial charge in [0, 0.05) is 0 Å². The van der Waals surface area contributed by atoms with Gasteiger partial charge in [0.2, 0.25) is 0 Å². The molecule has 2 unspecified atom stereocenters. The molecule has 1 aliphatic rings. The molecule has 1 heteroatoms. The summed E-state index contributed by atoms with van der Waals surface area (Å²) in [5.41, 5.74) is -0.345. The Kier molecular flexibility index (Phi) is 3.78. The molecule has 13 heavy (non-hydrogen) atoms. The van der Waals surface area contributed by atoms with Gasteiger partial charge >= 0.3 is 0 Å². The number of hydrogen-bond acceptors (Lipinski definition) is 1. The number of rotatable bonds is 3. The zero-order chi connectivity index (χ0) is 9.90. The maximum Gasteiger partial charge on any atom is 0.0701 e. The Morgan fingerprint density at radius 2 is 1.92 bits per heavy atom. The van der Waals surface area contributed by atoms with Crippen LogP contribution in [0.25, 0.3) is 0 Å². The van der Waals surface area contributed by atoms with Crippen LogP contribution in [0.4, 0.5) is 0 Å². The lowest BCUT2D eigenvalue weighted by atomic mass is 9.67. The molecule has 0 heterocycles. The molecule has 1 fully saturated rings. The van der Waals surface area contributed by atoms with Gasteiger partial charge in [0.1, 0.15) is 0 Å². The van der Waals surface area contributed by atoms with E-state index in [9.17, 15) is 5.11 Å². The van der Waals surface area contributed by atoms with Crippen LogP contribution in [0.1, 0.15) is 59.3 Å². The summed E-state index contributed by atoms with van der Waals surface area (Å²) < 4.78 is 0. The van der Waals surface area contributed by atoms with Crippen LogP contribution < -0.4 is 0 Å². The minimum absolute atomic E-state index is 0.345. The second kappa shape index (κ2) is 4.45. The van der Waals surface area contributed by atoms with Crippen LogP contribution in [-0.4, -0.2) is 10.7 Å². The topological polar surface area (TPSA) is 20.2 Å². The van der Waals surface area contributed by atoms with E-state index in [1.807, 2.05) is 0 Å². The lowest BCUT2D eigenvalue weighted by molar-refractivity contribution is -0.0912. The maximum atomic E-state index is 10.6. The first-order chi connectivity index (χ1) is 6.15. The minimum Gasteiger partial charge on any atom is -0.389 e. The fourth-order valence-electron chi connectivity index (χ4n) is 2.96. The standard InChI is InChI=1S/C12H24O/c1-4-11(5-2)12(13)9-7-6-8-10(12)3/h10-11,13H,4-9H2,1-3H3. The first-order valence-electron chi connectivity index (χ1n) is 5.87. The van der Waals surface area contributed by atoms with Gasteiger partial charge in [-0.25, -0.2) is 0 Å². The molecule has 0 spiro atoms. The van der Waals surface area contributed by atoms with Crippen molar-refractivity contribution < 1.29 is 5.11 Å². The molecule has 2 atom stereocenters. The summed E-state index contributed by atoms with van der Waals surface area (Å²) in [7, 11) is 0. The first kappa shape index (κ1) is 11.0. The number of hydrogen-bond donors (Lipinski definition) is 1. The van der Waals surface area contributed by atoms with Crippen LogP contribution in [0.3, 0.4) is 0 Å². The average molecular weight is 184 g/mol. The molecule has 0 aromatic rings. The Morgan fingerprint density at radius 3 is 2.38 bits per heavy atom. The van der Waals surface area contributed by atoms with Gasteiger partial charge in [-0.15, -0.1) is 0 Å². The highest BCUT2D eigenvalue weighted by Crippen LogP contribution is 2.41. The van der Waals surface area contributed by atoms with Crippen LogP contribution in [0.15, 0.2) is 0 Å². The summed E-state index contributed by atoms with van der Waals surface area (Å²) >= 11 is 0. The van der Waals surface area contributed by atoms with Gasteiger partial charge < -0.3 is 5.11 Å². The molecule has 1 nitrogen and oxygen atoms in total. The highest BCUT2D eigenvalue weighted by molar-refractivity contribution is 4.92. The SMILES string of the molecule is CCC(CC)C1(O)CCCCC1C. The Balaban J connectivity index is 2.69. The molecule has 0 aromatic carbocycles. The van der Waals surface area contributed by atoms with Crippen molar-refractivity contribution in [2.24, 2.45) is 11.8 Å². The molecular weight excluding hydrogens is 160 g/mol. The lowest BCUT2D eigenvalue weighted by Crippen LogP contribution is -2.45. The van der Waals surface area contributed by atoms with Gasteiger partial charge in [0.15, 0.2) is 0 Å². The molecule has 0 amide bonds. The quantitative estimate of drug-likeness (QED) is 0.713. The fourth-order valence-corrected chi connectivity index (χ4v) is 2.96. The molecule has 1 N–H and O–H groups in total. The second-order valence-electron chi connectivity index (χ2n) is 4.65. The van der Waals surface area contributed by atoms with E-state index in [2.05, 4.69) is 20.8 Å². The number of aliphatic hydroxyl groups is 1. The first-order valence-corrected chi connectivity index (χ1v) is 5.87. The monoisotopic (exact) mass is 184 g/mol. The molecule has 1 aliphatic carbocycles. The van der Waals surface area contributed by atoms with Gasteiger partial charge in [-0.1, -0.05) is 46.5 Å². The van der Waals surface area contributed by atoms with Crippen molar-refractivity contribution in [1.29, 1.82) is 0 Å². The highest BCUT2D eigenvalue weighted by atomic mass is 16.3. The Bertz CT molecular complexity index is 151. The molecule has 0 aliphatic heterocycles. The van der Waals surface area contributed by atoms with Crippen LogP contribution in [0.5, 0.6) is 0 Å². The molecular formula is C12H24O. The summed E-state index contributed by atoms with van der Waals surface area (Å²) in [6, 6.07) is 0. The van der Waals surface area contributed by atoms with Crippen molar-refractivity contribution in [3.63, 3.8) is 0 Å². The van der Waals surface area contributed by atoms with E-state index in [4.69, 9.17) is 0 Å². The van der Waals surface area contributed by atoms with Crippen LogP contribution in [0.2, 0.25) is 0 Å². The van der Waals surface area contributed by atoms with Crippen molar-refractivity contribution in [1.82, 2.24) is 0 Å². The van der Waals surface area contributed by atoms with E-state index in [0.29, 0.717) is 11.8 Å². The highest BCUT2D eigenvalue weighted by Gasteiger charge is 2.40. The molecule has 0 saturated heterocycles. The van der Waals surface area contributed by atoms with Gasteiger partial charge in [-0.05, 0) is 24.7 Å². The molecule has 0 bridgehead atoms. The predicted molar refractivity (Wildman–Crippen MR) is 56.7 cm³/mol. The van der Waals surface area contributed by atoms with Crippen molar-refractivity contribution in [2.45, 2.75) is 64.9 Å². The van der Waals surface area contributed by atoms with E-state index < -0.39 is 0 Å². The smallest absolute Gasteiger partial charge is 0.0701 e. The third-order valence-corrected chi connectivity index (χ3v) is 4.01. The van der Waals surface area contributed by atoms with Gasteiger partial charge in [0.25, 0.3) is 0 Å². The Morgan fingerprint density at radius 1 is 1.31 bits per heavy atom. The van der Waals surface area contributed by atoms with E-state index in [0.717, 1.165) is 19.3 Å². The Hall–Kier alpha value is -0.0400. The van der Waals surface area contributed by atoms with Gasteiger partial charge in [-0.3, -0.25) is 0 Å². The van der Waals surface area contributed by atoms with E-state index in [1.165, 1.54) is 19.3 Å². The van der Waals surface area contributed by atoms with Crippen molar-refractivity contribution in [3.8, 4) is 0 Å². The predicted octanol–water partition coefficient (Wildman–Crippen LogP) is 3.36. The van der Waals surface area contributed by atoms with Gasteiger partial charge in [0.05, 0.1) is 5.60 Å². The zero-order valence-electron chi connectivity index (χ0n) is 9.34. The fraction of sp³-hybridized carbons (Fsp3) is 1.00. The largest absolute Gasteiger partial charge is 0.389 e. The second-order valence-corrected chi connectivity index (χ2v) is 4.65. The lowest BCUT2D eigenvalue weighted by Gasteiger charge is -2.43. The summed E-state index contributed by atoms with van der Waals surface area (Å²) in [4.78, 5) is 0. The summed E-state index contributed by atoms with van der Waals surface area (Å²) in [5.74, 6) is 1.02. The van der Waals surface area contributed by atoms with E-state index >= 15 is 0 Å². The third kappa shape index (κ3) is 2.07. The summed E-state index contributed by atoms with van der Waals surface area (Å²) in [6.45, 7) is 6.62. The molecule has 78 valence electrons. The van der Waals surface area contributed by atoms with Gasteiger partial charge in [-0.2, -0.15) is 0 Å². The molecule has 0 aromatic heterocycles. The van der Waals surface area contributed by atoms with Crippen molar-refractivity contribution in [3.05, 3.63) is 0 Å². The van der Waals surface area contributed by atoms with E-state index in [1.54, 1.807) is 0 Å². The van der Waals surface area contributed by atoms with Crippen LogP contribution in [-0.2, 0) is 0 Å². The minimum atomic E-state index is -0.345. The normalized spacial score (nSPS) is 35.3. The zero-order valence-corrected chi connectivity index (χ0v) is 9.34. The maximum absolute atomic E-state index is 10.6. The van der Waals surface area contributed by atoms with Crippen LogP contribution in [0, 0.1) is 11.8 Å². The summed E-state index contributed by atoms with van der Waals surface area (Å²) in [5, 5.41) is 10.6. The van der Waals surface area contributed by atoms with Crippen molar-refractivity contribution in [2.75, 3.05) is 0 Å². The third-order valence-electron chi connectivity index (χ3n) is 4.01. The molecule has 0 radical (unpaired) electrons. The molecule has 1 rings (SSSR count).